The van der Waals surface area contributed by atoms with Gasteiger partial charge in [-0.3, -0.25) is 0 Å². The number of nitrogens with zero attached hydrogens (tertiary/aromatic N) is 2. The van der Waals surface area contributed by atoms with Crippen LogP contribution >= 0.6 is 0 Å². The van der Waals surface area contributed by atoms with Gasteiger partial charge in [0.15, 0.2) is 6.39 Å². The predicted molar refractivity (Wildman–Crippen MR) is 38.2 cm³/mol. The van der Waals surface area contributed by atoms with Crippen LogP contribution in [0.4, 0.5) is 0 Å². The van der Waals surface area contributed by atoms with Gasteiger partial charge in [0.05, 0.1) is 0 Å². The third kappa shape index (κ3) is 0.906. The van der Waals surface area contributed by atoms with Crippen molar-refractivity contribution in [2.45, 2.75) is 19.8 Å². The molecule has 0 fully saturated rings. The minimum atomic E-state index is 0.277. The first-order chi connectivity index (χ1) is 5.27. The van der Waals surface area contributed by atoms with E-state index in [9.17, 15) is 0 Å². The van der Waals surface area contributed by atoms with Crippen molar-refractivity contribution in [2.75, 3.05) is 0 Å². The first-order valence-electron chi connectivity index (χ1n) is 3.47. The van der Waals surface area contributed by atoms with Crippen LogP contribution in [0, 0.1) is 0 Å². The van der Waals surface area contributed by atoms with Crippen LogP contribution in [0.15, 0.2) is 15.2 Å². The van der Waals surface area contributed by atoms with E-state index < -0.39 is 0 Å². The predicted octanol–water partition coefficient (Wildman–Crippen LogP) is 1.94. The number of rotatable bonds is 1. The van der Waals surface area contributed by atoms with Gasteiger partial charge in [0, 0.05) is 5.92 Å². The lowest BCUT2D eigenvalue weighted by atomic mass is 10.2. The fourth-order valence-electron chi connectivity index (χ4n) is 0.843. The van der Waals surface area contributed by atoms with Crippen molar-refractivity contribution in [1.82, 2.24) is 9.97 Å². The molecule has 4 heteroatoms. The molecular weight excluding hydrogens is 144 g/mol. The van der Waals surface area contributed by atoms with E-state index in [0.717, 1.165) is 0 Å². The normalized spacial score (nSPS) is 11.5. The Labute approximate surface area is 63.2 Å². The van der Waals surface area contributed by atoms with Crippen molar-refractivity contribution in [2.24, 2.45) is 0 Å². The summed E-state index contributed by atoms with van der Waals surface area (Å²) in [5.74, 6) is 0.950. The highest BCUT2D eigenvalue weighted by Gasteiger charge is 2.11. The van der Waals surface area contributed by atoms with Gasteiger partial charge in [0.1, 0.15) is 0 Å². The Kier molecular flexibility index (Phi) is 1.21. The van der Waals surface area contributed by atoms with E-state index in [4.69, 9.17) is 8.83 Å². The Morgan fingerprint density at radius 3 is 2.82 bits per heavy atom. The lowest BCUT2D eigenvalue weighted by Gasteiger charge is -1.92. The van der Waals surface area contributed by atoms with Crippen molar-refractivity contribution in [1.29, 1.82) is 0 Å². The van der Waals surface area contributed by atoms with Gasteiger partial charge in [-0.25, -0.2) is 0 Å². The molecule has 0 bridgehead atoms. The Morgan fingerprint density at radius 1 is 1.36 bits per heavy atom. The summed E-state index contributed by atoms with van der Waals surface area (Å²) in [5, 5.41) is 0. The Bertz CT molecular complexity index is 333. The zero-order valence-corrected chi connectivity index (χ0v) is 6.37. The van der Waals surface area contributed by atoms with Crippen LogP contribution in [-0.2, 0) is 0 Å². The van der Waals surface area contributed by atoms with Crippen LogP contribution in [0.2, 0.25) is 0 Å². The van der Waals surface area contributed by atoms with E-state index in [0.29, 0.717) is 17.3 Å². The smallest absolute Gasteiger partial charge is 0.288 e. The van der Waals surface area contributed by atoms with Gasteiger partial charge in [0.2, 0.25) is 5.89 Å². The summed E-state index contributed by atoms with van der Waals surface area (Å²) in [7, 11) is 0. The van der Waals surface area contributed by atoms with Crippen molar-refractivity contribution in [3.63, 3.8) is 0 Å². The molecule has 0 saturated heterocycles. The first kappa shape index (κ1) is 6.39. The molecule has 2 heterocycles. The van der Waals surface area contributed by atoms with E-state index in [1.54, 1.807) is 0 Å². The summed E-state index contributed by atoms with van der Waals surface area (Å²) in [4.78, 5) is 7.90. The first-order valence-corrected chi connectivity index (χ1v) is 3.47. The number of aromatic nitrogens is 2. The molecule has 2 rings (SSSR count). The maximum absolute atomic E-state index is 5.25. The summed E-state index contributed by atoms with van der Waals surface area (Å²) in [6.07, 6.45) is 1.32. The summed E-state index contributed by atoms with van der Waals surface area (Å²) in [6.45, 7) is 4.01. The number of fused-ring (bicyclic) bond motifs is 1. The molecule has 0 unspecified atom stereocenters. The van der Waals surface area contributed by atoms with Gasteiger partial charge >= 0.3 is 0 Å². The van der Waals surface area contributed by atoms with E-state index in [-0.39, 0.29) is 5.92 Å². The quantitative estimate of drug-likeness (QED) is 0.626. The SMILES string of the molecule is CC(C)c1nc2ocnc2o1. The Balaban J connectivity index is 2.58. The van der Waals surface area contributed by atoms with E-state index in [1.807, 2.05) is 13.8 Å². The molecule has 58 valence electrons. The van der Waals surface area contributed by atoms with Crippen LogP contribution in [0.25, 0.3) is 11.4 Å². The molecule has 0 aromatic carbocycles. The Morgan fingerprint density at radius 2 is 2.18 bits per heavy atom. The van der Waals surface area contributed by atoms with E-state index in [1.165, 1.54) is 6.39 Å². The monoisotopic (exact) mass is 152 g/mol. The molecule has 2 aromatic rings. The second-order valence-corrected chi connectivity index (χ2v) is 2.67. The fourth-order valence-corrected chi connectivity index (χ4v) is 0.843. The molecule has 0 N–H and O–H groups in total. The molecule has 2 aromatic heterocycles. The van der Waals surface area contributed by atoms with Crippen LogP contribution in [0.3, 0.4) is 0 Å². The molecule has 0 amide bonds. The maximum Gasteiger partial charge on any atom is 0.288 e. The molecule has 0 atom stereocenters. The zero-order chi connectivity index (χ0) is 7.84. The molecule has 0 saturated carbocycles. The average Bonchev–Trinajstić information content (AvgIpc) is 2.40. The standard InChI is InChI=1S/C7H8N2O2/c1-4(2)5-9-7-6(11-5)8-3-10-7/h3-4H,1-2H3. The molecular formula is C7H8N2O2. The van der Waals surface area contributed by atoms with Gasteiger partial charge in [-0.1, -0.05) is 13.8 Å². The largest absolute Gasteiger partial charge is 0.422 e. The molecule has 11 heavy (non-hydrogen) atoms. The van der Waals surface area contributed by atoms with E-state index in [2.05, 4.69) is 9.97 Å². The second kappa shape index (κ2) is 2.08. The number of hydrogen-bond acceptors (Lipinski definition) is 4. The topological polar surface area (TPSA) is 52.1 Å². The van der Waals surface area contributed by atoms with Gasteiger partial charge < -0.3 is 8.83 Å². The maximum atomic E-state index is 5.25. The summed E-state index contributed by atoms with van der Waals surface area (Å²) >= 11 is 0. The summed E-state index contributed by atoms with van der Waals surface area (Å²) in [6, 6.07) is 0. The minimum absolute atomic E-state index is 0.277. The van der Waals surface area contributed by atoms with Crippen LogP contribution in [-0.4, -0.2) is 9.97 Å². The van der Waals surface area contributed by atoms with Crippen LogP contribution < -0.4 is 0 Å². The van der Waals surface area contributed by atoms with Gasteiger partial charge in [-0.15, -0.1) is 0 Å². The molecule has 4 nitrogen and oxygen atoms in total. The third-order valence-electron chi connectivity index (χ3n) is 1.42. The average molecular weight is 152 g/mol. The van der Waals surface area contributed by atoms with Crippen molar-refractivity contribution >= 4 is 11.4 Å². The van der Waals surface area contributed by atoms with Crippen LogP contribution in [0.1, 0.15) is 25.7 Å². The minimum Gasteiger partial charge on any atom is -0.422 e. The van der Waals surface area contributed by atoms with Gasteiger partial charge in [-0.2, -0.15) is 9.97 Å². The van der Waals surface area contributed by atoms with Crippen molar-refractivity contribution < 1.29 is 8.83 Å². The lowest BCUT2D eigenvalue weighted by Crippen LogP contribution is -1.84. The molecule has 0 aliphatic carbocycles. The third-order valence-corrected chi connectivity index (χ3v) is 1.42. The van der Waals surface area contributed by atoms with Gasteiger partial charge in [-0.05, 0) is 0 Å². The number of oxazole rings is 2. The number of hydrogen-bond donors (Lipinski definition) is 0. The van der Waals surface area contributed by atoms with Gasteiger partial charge in [0.25, 0.3) is 11.4 Å². The molecule has 0 radical (unpaired) electrons. The molecule has 0 aliphatic rings. The molecule has 0 aliphatic heterocycles. The highest BCUT2D eigenvalue weighted by Crippen LogP contribution is 2.18. The van der Waals surface area contributed by atoms with Crippen molar-refractivity contribution in [3.05, 3.63) is 12.3 Å². The zero-order valence-electron chi connectivity index (χ0n) is 6.37. The fraction of sp³-hybridized carbons (Fsp3) is 0.429. The summed E-state index contributed by atoms with van der Waals surface area (Å²) in [5.41, 5.74) is 0.961. The highest BCUT2D eigenvalue weighted by atomic mass is 16.4. The van der Waals surface area contributed by atoms with E-state index >= 15 is 0 Å². The second-order valence-electron chi connectivity index (χ2n) is 2.67. The molecule has 0 spiro atoms. The van der Waals surface area contributed by atoms with Crippen molar-refractivity contribution in [3.8, 4) is 0 Å². The highest BCUT2D eigenvalue weighted by molar-refractivity contribution is 5.59. The Hall–Kier alpha value is -1.32. The lowest BCUT2D eigenvalue weighted by molar-refractivity contribution is 0.491. The van der Waals surface area contributed by atoms with Crippen LogP contribution in [0.5, 0.6) is 0 Å². The summed E-state index contributed by atoms with van der Waals surface area (Å²) < 4.78 is 10.2.